The van der Waals surface area contributed by atoms with Gasteiger partial charge in [0.1, 0.15) is 6.10 Å². The third kappa shape index (κ3) is 5.73. The molecule has 4 heteroatoms. The molecule has 0 aliphatic heterocycles. The third-order valence-corrected chi connectivity index (χ3v) is 3.85. The van der Waals surface area contributed by atoms with Crippen molar-refractivity contribution >= 4 is 0 Å². The summed E-state index contributed by atoms with van der Waals surface area (Å²) in [4.78, 5) is 0. The lowest BCUT2D eigenvalue weighted by Gasteiger charge is -2.23. The summed E-state index contributed by atoms with van der Waals surface area (Å²) in [6.45, 7) is 4.84. The van der Waals surface area contributed by atoms with Gasteiger partial charge in [-0.05, 0) is 30.5 Å². The van der Waals surface area contributed by atoms with Gasteiger partial charge < -0.3 is 20.3 Å². The molecule has 0 aromatic heterocycles. The molecule has 3 N–H and O–H groups in total. The van der Waals surface area contributed by atoms with E-state index in [9.17, 15) is 10.2 Å². The summed E-state index contributed by atoms with van der Waals surface area (Å²) >= 11 is 0. The lowest BCUT2D eigenvalue weighted by molar-refractivity contribution is 0.00556. The summed E-state index contributed by atoms with van der Waals surface area (Å²) in [5, 5.41) is 22.4. The first-order valence-corrected chi connectivity index (χ1v) is 8.37. The fourth-order valence-electron chi connectivity index (χ4n) is 2.60. The van der Waals surface area contributed by atoms with Gasteiger partial charge in [0.2, 0.25) is 0 Å². The second-order valence-corrected chi connectivity index (χ2v) is 6.14. The van der Waals surface area contributed by atoms with Gasteiger partial charge in [-0.3, -0.25) is 0 Å². The molecule has 2 aromatic rings. The molecule has 130 valence electrons. The summed E-state index contributed by atoms with van der Waals surface area (Å²) in [5.74, 6) is 0. The summed E-state index contributed by atoms with van der Waals surface area (Å²) in [6, 6.07) is 18.2. The highest BCUT2D eigenvalue weighted by molar-refractivity contribution is 5.35. The first kappa shape index (κ1) is 18.6. The fraction of sp³-hybridized carbons (Fsp3) is 0.400. The fourth-order valence-corrected chi connectivity index (χ4v) is 2.60. The largest absolute Gasteiger partial charge is 0.392 e. The minimum atomic E-state index is -0.626. The normalized spacial score (nSPS) is 15.0. The van der Waals surface area contributed by atoms with E-state index in [1.165, 1.54) is 0 Å². The Balaban J connectivity index is 2.04. The van der Waals surface area contributed by atoms with E-state index in [1.807, 2.05) is 42.5 Å². The minimum Gasteiger partial charge on any atom is -0.392 e. The Hall–Kier alpha value is -1.72. The van der Waals surface area contributed by atoms with Gasteiger partial charge in [0.25, 0.3) is 0 Å². The molecule has 0 bridgehead atoms. The molecule has 24 heavy (non-hydrogen) atoms. The molecule has 0 amide bonds. The monoisotopic (exact) mass is 329 g/mol. The van der Waals surface area contributed by atoms with Crippen molar-refractivity contribution in [3.05, 3.63) is 71.3 Å². The molecule has 0 aliphatic carbocycles. The highest BCUT2D eigenvalue weighted by Crippen LogP contribution is 2.28. The van der Waals surface area contributed by atoms with E-state index >= 15 is 0 Å². The highest BCUT2D eigenvalue weighted by atomic mass is 16.5. The topological polar surface area (TPSA) is 61.7 Å². The van der Waals surface area contributed by atoms with E-state index in [-0.39, 0.29) is 12.7 Å². The SMILES string of the molecule is Cc1ccccc1[C@H](OC[C@H](O)CNC[C@@H](C)O)c1ccccc1. The Bertz CT molecular complexity index is 601. The van der Waals surface area contributed by atoms with Gasteiger partial charge in [0.05, 0.1) is 18.8 Å². The average molecular weight is 329 g/mol. The molecule has 2 rings (SSSR count). The van der Waals surface area contributed by atoms with Crippen LogP contribution in [0.1, 0.15) is 29.7 Å². The molecule has 4 nitrogen and oxygen atoms in total. The Labute approximate surface area is 144 Å². The van der Waals surface area contributed by atoms with Crippen LogP contribution in [-0.4, -0.2) is 42.1 Å². The summed E-state index contributed by atoms with van der Waals surface area (Å²) in [7, 11) is 0. The molecule has 0 radical (unpaired) electrons. The van der Waals surface area contributed by atoms with Crippen LogP contribution in [0.2, 0.25) is 0 Å². The Morgan fingerprint density at radius 3 is 2.29 bits per heavy atom. The third-order valence-electron chi connectivity index (χ3n) is 3.85. The lowest BCUT2D eigenvalue weighted by atomic mass is 9.97. The minimum absolute atomic E-state index is 0.209. The van der Waals surface area contributed by atoms with Crippen LogP contribution in [0.3, 0.4) is 0 Å². The van der Waals surface area contributed by atoms with E-state index in [0.717, 1.165) is 16.7 Å². The van der Waals surface area contributed by atoms with Crippen molar-refractivity contribution in [3.63, 3.8) is 0 Å². The molecule has 0 aliphatic rings. The van der Waals surface area contributed by atoms with Gasteiger partial charge in [0.15, 0.2) is 0 Å². The van der Waals surface area contributed by atoms with Crippen molar-refractivity contribution in [2.45, 2.75) is 32.2 Å². The molecule has 0 spiro atoms. The van der Waals surface area contributed by atoms with Crippen LogP contribution in [0, 0.1) is 6.92 Å². The summed E-state index contributed by atoms with van der Waals surface area (Å²) in [6.07, 6.45) is -1.26. The first-order valence-electron chi connectivity index (χ1n) is 8.37. The van der Waals surface area contributed by atoms with Crippen molar-refractivity contribution in [1.29, 1.82) is 0 Å². The maximum atomic E-state index is 10.1. The highest BCUT2D eigenvalue weighted by Gasteiger charge is 2.18. The van der Waals surface area contributed by atoms with Gasteiger partial charge in [-0.25, -0.2) is 0 Å². The maximum absolute atomic E-state index is 10.1. The van der Waals surface area contributed by atoms with Crippen LogP contribution in [0.5, 0.6) is 0 Å². The predicted molar refractivity (Wildman–Crippen MR) is 96.0 cm³/mol. The van der Waals surface area contributed by atoms with Gasteiger partial charge in [-0.1, -0.05) is 54.6 Å². The molecule has 0 fully saturated rings. The van der Waals surface area contributed by atoms with E-state index in [0.29, 0.717) is 13.1 Å². The van der Waals surface area contributed by atoms with Crippen LogP contribution in [0.25, 0.3) is 0 Å². The standard InChI is InChI=1S/C20H27NO3/c1-15-8-6-7-11-19(15)20(17-9-4-3-5-10-17)24-14-18(23)13-21-12-16(2)22/h3-11,16,18,20-23H,12-14H2,1-2H3/t16-,18-,20-/m1/s1. The van der Waals surface area contributed by atoms with Crippen LogP contribution < -0.4 is 5.32 Å². The van der Waals surface area contributed by atoms with Gasteiger partial charge in [-0.15, -0.1) is 0 Å². The van der Waals surface area contributed by atoms with Crippen molar-refractivity contribution in [1.82, 2.24) is 5.32 Å². The van der Waals surface area contributed by atoms with Gasteiger partial charge >= 0.3 is 0 Å². The molecule has 0 heterocycles. The second kappa shape index (κ2) is 9.55. The number of aliphatic hydroxyl groups excluding tert-OH is 2. The number of rotatable bonds is 9. The Kier molecular flexibility index (Phi) is 7.40. The van der Waals surface area contributed by atoms with E-state index in [4.69, 9.17) is 4.74 Å². The predicted octanol–water partition coefficient (Wildman–Crippen LogP) is 2.43. The van der Waals surface area contributed by atoms with Crippen LogP contribution in [0.15, 0.2) is 54.6 Å². The molecule has 0 saturated carbocycles. The lowest BCUT2D eigenvalue weighted by Crippen LogP contribution is -2.34. The molecule has 0 saturated heterocycles. The maximum Gasteiger partial charge on any atom is 0.108 e. The van der Waals surface area contributed by atoms with Gasteiger partial charge in [0, 0.05) is 13.1 Å². The second-order valence-electron chi connectivity index (χ2n) is 6.14. The zero-order chi connectivity index (χ0) is 17.4. The van der Waals surface area contributed by atoms with E-state index < -0.39 is 12.2 Å². The molecule has 0 unspecified atom stereocenters. The number of hydrogen-bond donors (Lipinski definition) is 3. The number of aliphatic hydroxyl groups is 2. The first-order chi connectivity index (χ1) is 11.6. The van der Waals surface area contributed by atoms with Crippen LogP contribution in [-0.2, 0) is 4.74 Å². The van der Waals surface area contributed by atoms with Crippen molar-refractivity contribution in [2.24, 2.45) is 0 Å². The smallest absolute Gasteiger partial charge is 0.108 e. The van der Waals surface area contributed by atoms with Crippen LogP contribution in [0.4, 0.5) is 0 Å². The average Bonchev–Trinajstić information content (AvgIpc) is 2.57. The Morgan fingerprint density at radius 1 is 0.958 bits per heavy atom. The summed E-state index contributed by atoms with van der Waals surface area (Å²) < 4.78 is 6.06. The zero-order valence-corrected chi connectivity index (χ0v) is 14.4. The van der Waals surface area contributed by atoms with Gasteiger partial charge in [-0.2, -0.15) is 0 Å². The van der Waals surface area contributed by atoms with Crippen molar-refractivity contribution < 1.29 is 14.9 Å². The quantitative estimate of drug-likeness (QED) is 0.661. The molecular weight excluding hydrogens is 302 g/mol. The van der Waals surface area contributed by atoms with E-state index in [2.05, 4.69) is 24.4 Å². The zero-order valence-electron chi connectivity index (χ0n) is 14.4. The number of aryl methyl sites for hydroxylation is 1. The molecule has 3 atom stereocenters. The van der Waals surface area contributed by atoms with Crippen molar-refractivity contribution in [2.75, 3.05) is 19.7 Å². The van der Waals surface area contributed by atoms with Crippen LogP contribution >= 0.6 is 0 Å². The number of ether oxygens (including phenoxy) is 1. The molecule has 2 aromatic carbocycles. The Morgan fingerprint density at radius 2 is 1.62 bits per heavy atom. The number of benzene rings is 2. The number of nitrogens with one attached hydrogen (secondary N) is 1. The van der Waals surface area contributed by atoms with E-state index in [1.54, 1.807) is 6.92 Å². The summed E-state index contributed by atoms with van der Waals surface area (Å²) in [5.41, 5.74) is 3.33. The van der Waals surface area contributed by atoms with Crippen molar-refractivity contribution in [3.8, 4) is 0 Å². The number of hydrogen-bond acceptors (Lipinski definition) is 4. The molecular formula is C20H27NO3.